The summed E-state index contributed by atoms with van der Waals surface area (Å²) in [5, 5.41) is 9.49. The Labute approximate surface area is 258 Å². The second kappa shape index (κ2) is 33.1. The number of carbonyl (C=O) groups is 2. The van der Waals surface area contributed by atoms with Crippen molar-refractivity contribution in [3.63, 3.8) is 0 Å². The monoisotopic (exact) mass is 586 g/mol. The van der Waals surface area contributed by atoms with Gasteiger partial charge in [0.05, 0.1) is 6.61 Å². The quantitative estimate of drug-likeness (QED) is 0.0536. The molecule has 0 rings (SSSR count). The molecule has 0 aliphatic heterocycles. The SMILES string of the molecule is CCC=CCC=CCC=CCC=CCCCCCCC(=O)OC[C@H](CO)OC(=O)CCCCCCCC=CCCCC. The molecule has 0 bridgehead atoms. The van der Waals surface area contributed by atoms with Crippen molar-refractivity contribution in [1.29, 1.82) is 0 Å². The molecule has 240 valence electrons. The Bertz CT molecular complexity index is 762. The van der Waals surface area contributed by atoms with Crippen LogP contribution in [0.1, 0.15) is 142 Å². The van der Waals surface area contributed by atoms with Gasteiger partial charge in [-0.25, -0.2) is 0 Å². The smallest absolute Gasteiger partial charge is 0.306 e. The molecule has 0 unspecified atom stereocenters. The van der Waals surface area contributed by atoms with Gasteiger partial charge in [-0.2, -0.15) is 0 Å². The molecule has 0 fully saturated rings. The standard InChI is InChI=1S/C37H62O5/c1-3-5-7-9-11-13-15-16-17-18-19-20-22-23-25-27-29-31-36(39)41-34-35(33-38)42-37(40)32-30-28-26-24-21-14-12-10-8-6-4-2/h5,7,10-13,16-17,19-20,35,38H,3-4,6,8-9,14-15,18,21-34H2,1-2H3/t35-/m0/s1. The van der Waals surface area contributed by atoms with Crippen LogP contribution in [-0.4, -0.2) is 36.4 Å². The molecule has 1 N–H and O–H groups in total. The van der Waals surface area contributed by atoms with Crippen molar-refractivity contribution < 1.29 is 24.2 Å². The van der Waals surface area contributed by atoms with Gasteiger partial charge < -0.3 is 14.6 Å². The van der Waals surface area contributed by atoms with Crippen LogP contribution in [0, 0.1) is 0 Å². The first-order chi connectivity index (χ1) is 20.6. The fourth-order valence-electron chi connectivity index (χ4n) is 4.23. The average Bonchev–Trinajstić information content (AvgIpc) is 2.99. The summed E-state index contributed by atoms with van der Waals surface area (Å²) in [6.45, 7) is 3.93. The molecule has 0 aliphatic rings. The Balaban J connectivity index is 3.67. The van der Waals surface area contributed by atoms with Gasteiger partial charge in [0.2, 0.25) is 0 Å². The molecular weight excluding hydrogens is 524 g/mol. The predicted octanol–water partition coefficient (Wildman–Crippen LogP) is 10.1. The topological polar surface area (TPSA) is 72.8 Å². The lowest BCUT2D eigenvalue weighted by atomic mass is 10.1. The van der Waals surface area contributed by atoms with Crippen LogP contribution in [-0.2, 0) is 19.1 Å². The molecular formula is C37H62O5. The van der Waals surface area contributed by atoms with E-state index in [4.69, 9.17) is 9.47 Å². The van der Waals surface area contributed by atoms with Gasteiger partial charge in [0.15, 0.2) is 6.10 Å². The van der Waals surface area contributed by atoms with Crippen LogP contribution >= 0.6 is 0 Å². The van der Waals surface area contributed by atoms with E-state index in [1.807, 2.05) is 0 Å². The third-order valence-electron chi connectivity index (χ3n) is 6.80. The number of esters is 2. The normalized spacial score (nSPS) is 12.9. The van der Waals surface area contributed by atoms with E-state index >= 15 is 0 Å². The number of allylic oxidation sites excluding steroid dienone is 10. The van der Waals surface area contributed by atoms with Crippen LogP contribution in [0.25, 0.3) is 0 Å². The lowest BCUT2D eigenvalue weighted by Crippen LogP contribution is -2.28. The van der Waals surface area contributed by atoms with Crippen molar-refractivity contribution in [2.45, 2.75) is 148 Å². The molecule has 0 aliphatic carbocycles. The molecule has 0 aromatic heterocycles. The number of ether oxygens (including phenoxy) is 2. The average molecular weight is 587 g/mol. The summed E-state index contributed by atoms with van der Waals surface area (Å²) in [4.78, 5) is 24.1. The summed E-state index contributed by atoms with van der Waals surface area (Å²) in [5.41, 5.74) is 0. The fraction of sp³-hybridized carbons (Fsp3) is 0.676. The van der Waals surface area contributed by atoms with E-state index in [1.165, 1.54) is 32.1 Å². The van der Waals surface area contributed by atoms with E-state index in [0.29, 0.717) is 12.8 Å². The van der Waals surface area contributed by atoms with E-state index in [2.05, 4.69) is 74.6 Å². The highest BCUT2D eigenvalue weighted by atomic mass is 16.6. The molecule has 5 nitrogen and oxygen atoms in total. The van der Waals surface area contributed by atoms with Crippen molar-refractivity contribution >= 4 is 11.9 Å². The van der Waals surface area contributed by atoms with Crippen molar-refractivity contribution in [2.24, 2.45) is 0 Å². The zero-order valence-electron chi connectivity index (χ0n) is 27.0. The van der Waals surface area contributed by atoms with Crippen LogP contribution in [0.15, 0.2) is 60.8 Å². The maximum atomic E-state index is 12.1. The Morgan fingerprint density at radius 3 is 1.57 bits per heavy atom. The second-order valence-electron chi connectivity index (χ2n) is 10.9. The minimum absolute atomic E-state index is 0.0846. The summed E-state index contributed by atoms with van der Waals surface area (Å²) in [5.74, 6) is -0.638. The number of aliphatic hydroxyl groups is 1. The highest BCUT2D eigenvalue weighted by Gasteiger charge is 2.16. The van der Waals surface area contributed by atoms with Crippen molar-refractivity contribution in [2.75, 3.05) is 13.2 Å². The number of hydrogen-bond donors (Lipinski definition) is 1. The first-order valence-corrected chi connectivity index (χ1v) is 16.8. The summed E-state index contributed by atoms with van der Waals surface area (Å²) in [6, 6.07) is 0. The number of rotatable bonds is 29. The highest BCUT2D eigenvalue weighted by Crippen LogP contribution is 2.11. The minimum Gasteiger partial charge on any atom is -0.462 e. The largest absolute Gasteiger partial charge is 0.462 e. The summed E-state index contributed by atoms with van der Waals surface area (Å²) >= 11 is 0. The summed E-state index contributed by atoms with van der Waals surface area (Å²) < 4.78 is 10.5. The third kappa shape index (κ3) is 30.6. The lowest BCUT2D eigenvalue weighted by molar-refractivity contribution is -0.161. The van der Waals surface area contributed by atoms with Gasteiger partial charge in [-0.15, -0.1) is 0 Å². The first kappa shape index (κ1) is 39.6. The van der Waals surface area contributed by atoms with Crippen molar-refractivity contribution in [3.05, 3.63) is 60.8 Å². The van der Waals surface area contributed by atoms with Gasteiger partial charge in [-0.3, -0.25) is 9.59 Å². The molecule has 1 atom stereocenters. The van der Waals surface area contributed by atoms with Crippen LogP contribution in [0.5, 0.6) is 0 Å². The van der Waals surface area contributed by atoms with Crippen LogP contribution in [0.2, 0.25) is 0 Å². The Kier molecular flexibility index (Phi) is 31.2. The van der Waals surface area contributed by atoms with Gasteiger partial charge in [0.1, 0.15) is 6.61 Å². The second-order valence-corrected chi connectivity index (χ2v) is 10.9. The molecule has 0 aromatic rings. The number of carbonyl (C=O) groups excluding carboxylic acids is 2. The maximum absolute atomic E-state index is 12.1. The number of unbranched alkanes of at least 4 members (excludes halogenated alkanes) is 11. The van der Waals surface area contributed by atoms with Crippen molar-refractivity contribution in [1.82, 2.24) is 0 Å². The Hall–Kier alpha value is -2.40. The molecule has 5 heteroatoms. The number of hydrogen-bond acceptors (Lipinski definition) is 5. The van der Waals surface area contributed by atoms with Gasteiger partial charge in [0, 0.05) is 12.8 Å². The summed E-state index contributed by atoms with van der Waals surface area (Å²) in [7, 11) is 0. The molecule has 0 amide bonds. The Morgan fingerprint density at radius 2 is 1.02 bits per heavy atom. The highest BCUT2D eigenvalue weighted by molar-refractivity contribution is 5.70. The zero-order valence-corrected chi connectivity index (χ0v) is 27.0. The van der Waals surface area contributed by atoms with E-state index in [0.717, 1.165) is 83.5 Å². The first-order valence-electron chi connectivity index (χ1n) is 16.8. The molecule has 0 radical (unpaired) electrons. The van der Waals surface area contributed by atoms with E-state index in [9.17, 15) is 14.7 Å². The minimum atomic E-state index is -0.785. The number of aliphatic hydroxyl groups excluding tert-OH is 1. The maximum Gasteiger partial charge on any atom is 0.306 e. The van der Waals surface area contributed by atoms with Crippen LogP contribution in [0.3, 0.4) is 0 Å². The molecule has 0 saturated carbocycles. The lowest BCUT2D eigenvalue weighted by Gasteiger charge is -2.15. The zero-order chi connectivity index (χ0) is 30.8. The van der Waals surface area contributed by atoms with Crippen LogP contribution < -0.4 is 0 Å². The third-order valence-corrected chi connectivity index (χ3v) is 6.80. The summed E-state index contributed by atoms with van der Waals surface area (Å²) in [6.07, 6.45) is 41.3. The molecule has 0 aromatic carbocycles. The van der Waals surface area contributed by atoms with Crippen molar-refractivity contribution in [3.8, 4) is 0 Å². The van der Waals surface area contributed by atoms with E-state index in [-0.39, 0.29) is 25.2 Å². The predicted molar refractivity (Wildman–Crippen MR) is 177 cm³/mol. The van der Waals surface area contributed by atoms with Crippen LogP contribution in [0.4, 0.5) is 0 Å². The fourth-order valence-corrected chi connectivity index (χ4v) is 4.23. The van der Waals surface area contributed by atoms with E-state index in [1.54, 1.807) is 0 Å². The molecule has 0 spiro atoms. The molecule has 0 heterocycles. The van der Waals surface area contributed by atoms with Gasteiger partial charge in [-0.05, 0) is 70.6 Å². The van der Waals surface area contributed by atoms with E-state index < -0.39 is 6.10 Å². The molecule has 0 saturated heterocycles. The Morgan fingerprint density at radius 1 is 0.571 bits per heavy atom. The molecule has 42 heavy (non-hydrogen) atoms. The van der Waals surface area contributed by atoms with Gasteiger partial charge in [0.25, 0.3) is 0 Å². The van der Waals surface area contributed by atoms with Gasteiger partial charge in [-0.1, -0.05) is 120 Å². The van der Waals surface area contributed by atoms with Gasteiger partial charge >= 0.3 is 11.9 Å².